The van der Waals surface area contributed by atoms with Gasteiger partial charge in [-0.25, -0.2) is 9.97 Å². The number of morpholine rings is 2. The van der Waals surface area contributed by atoms with Crippen LogP contribution < -0.4 is 20.4 Å². The van der Waals surface area contributed by atoms with Crippen molar-refractivity contribution in [1.29, 1.82) is 0 Å². The number of hydrogen-bond acceptors (Lipinski definition) is 13. The summed E-state index contributed by atoms with van der Waals surface area (Å²) in [5.74, 6) is 1.84. The van der Waals surface area contributed by atoms with Gasteiger partial charge in [0.2, 0.25) is 7.37 Å². The number of anilines is 2. The molecule has 8 rings (SSSR count). The zero-order chi connectivity index (χ0) is 41.7. The summed E-state index contributed by atoms with van der Waals surface area (Å²) in [7, 11) is -5.64. The molecular formula is C42H56N10O5P2. The minimum Gasteiger partial charge on any atom is -0.377 e. The lowest BCUT2D eigenvalue weighted by Crippen LogP contribution is -2.44. The van der Waals surface area contributed by atoms with Gasteiger partial charge in [-0.3, -0.25) is 24.7 Å². The highest BCUT2D eigenvalue weighted by molar-refractivity contribution is 7.72. The van der Waals surface area contributed by atoms with E-state index < -0.39 is 14.5 Å². The van der Waals surface area contributed by atoms with E-state index in [9.17, 15) is 9.13 Å². The van der Waals surface area contributed by atoms with E-state index in [1.807, 2.05) is 57.2 Å². The molecule has 2 N–H and O–H groups in total. The fourth-order valence-electron chi connectivity index (χ4n) is 7.93. The number of ether oxygens (including phenoxy) is 2. The Balaban J connectivity index is 0.000000180. The molecule has 8 heterocycles. The Labute approximate surface area is 345 Å². The third kappa shape index (κ3) is 8.86. The molecule has 0 aliphatic carbocycles. The van der Waals surface area contributed by atoms with E-state index in [1.165, 1.54) is 0 Å². The summed E-state index contributed by atoms with van der Waals surface area (Å²) >= 11 is 0. The zero-order valence-corrected chi connectivity index (χ0v) is 36.9. The molecule has 6 aromatic rings. The van der Waals surface area contributed by atoms with Gasteiger partial charge in [-0.15, -0.1) is 0 Å². The summed E-state index contributed by atoms with van der Waals surface area (Å²) in [6.07, 6.45) is 8.61. The molecule has 3 atom stereocenters. The van der Waals surface area contributed by atoms with Gasteiger partial charge in [0.15, 0.2) is 0 Å². The van der Waals surface area contributed by atoms with Crippen molar-refractivity contribution in [3.63, 3.8) is 0 Å². The van der Waals surface area contributed by atoms with Crippen molar-refractivity contribution < 1.29 is 23.1 Å². The number of pyridine rings is 4. The predicted molar refractivity (Wildman–Crippen MR) is 236 cm³/mol. The van der Waals surface area contributed by atoms with Gasteiger partial charge in [-0.1, -0.05) is 27.7 Å². The molecule has 314 valence electrons. The van der Waals surface area contributed by atoms with Gasteiger partial charge in [0.1, 0.15) is 41.2 Å². The van der Waals surface area contributed by atoms with Crippen LogP contribution in [0.2, 0.25) is 0 Å². The minimum absolute atomic E-state index is 0.162. The van der Waals surface area contributed by atoms with Crippen molar-refractivity contribution in [2.75, 3.05) is 74.4 Å². The van der Waals surface area contributed by atoms with Crippen molar-refractivity contribution in [3.05, 3.63) is 61.2 Å². The van der Waals surface area contributed by atoms with Gasteiger partial charge >= 0.3 is 0 Å². The second kappa shape index (κ2) is 18.4. The molecule has 2 aliphatic rings. The first-order valence-corrected chi connectivity index (χ1v) is 24.5. The fraction of sp³-hybridized carbons (Fsp3) is 0.476. The fourth-order valence-corrected chi connectivity index (χ4v) is 12.7. The van der Waals surface area contributed by atoms with Gasteiger partial charge < -0.3 is 28.4 Å². The Morgan fingerprint density at radius 2 is 1.24 bits per heavy atom. The Bertz CT molecular complexity index is 2440. The second-order valence-corrected chi connectivity index (χ2v) is 21.5. The monoisotopic (exact) mass is 842 g/mol. The standard InChI is InChI=1S/C22H30N5O3P.C20H26N5O2P/c1-5-30-31(28,14-15(2)3)19-12-20(27-10-11-29-13-16(27)4)25-21-17(19)6-8-23-22(21)18-7-9-24-26-18;1-4-28(26,5-2)17-12-18(25-10-11-27-13-14(25)3)23-19-15(17)6-8-21-20(19)16-7-9-22-24-16/h6-9,12,15-16H,5,10-11,13-14H2,1-4H3,(H,24,26);6-9,12,14H,4-5,10-11,13H2,1-3H3,(H,22,24)/t16-,31?;14-/m11/s1. The third-order valence-corrected chi connectivity index (χ3v) is 17.3. The van der Waals surface area contributed by atoms with E-state index in [4.69, 9.17) is 24.0 Å². The lowest BCUT2D eigenvalue weighted by molar-refractivity contribution is 0.0985. The van der Waals surface area contributed by atoms with Crippen molar-refractivity contribution >= 4 is 58.6 Å². The van der Waals surface area contributed by atoms with Crippen LogP contribution in [0.4, 0.5) is 11.6 Å². The van der Waals surface area contributed by atoms with Crippen LogP contribution >= 0.6 is 14.5 Å². The second-order valence-electron chi connectivity index (χ2n) is 15.5. The summed E-state index contributed by atoms with van der Waals surface area (Å²) in [5, 5.41) is 17.4. The van der Waals surface area contributed by atoms with Gasteiger partial charge in [0, 0.05) is 72.4 Å². The number of aromatic nitrogens is 8. The summed E-state index contributed by atoms with van der Waals surface area (Å²) in [6, 6.07) is 11.9. The largest absolute Gasteiger partial charge is 0.377 e. The molecule has 15 nitrogen and oxygen atoms in total. The lowest BCUT2D eigenvalue weighted by Gasteiger charge is -2.35. The van der Waals surface area contributed by atoms with E-state index in [1.54, 1.807) is 24.8 Å². The van der Waals surface area contributed by atoms with E-state index in [0.717, 1.165) is 63.4 Å². The molecular weight excluding hydrogens is 786 g/mol. The molecule has 1 unspecified atom stereocenters. The molecule has 2 saturated heterocycles. The summed E-state index contributed by atoms with van der Waals surface area (Å²) in [6.45, 7) is 18.7. The summed E-state index contributed by atoms with van der Waals surface area (Å²) < 4.78 is 45.2. The normalized spacial score (nSPS) is 18.6. The first-order valence-electron chi connectivity index (χ1n) is 20.6. The van der Waals surface area contributed by atoms with Crippen LogP contribution in [0, 0.1) is 5.92 Å². The number of aromatic amines is 2. The van der Waals surface area contributed by atoms with Crippen LogP contribution in [-0.4, -0.2) is 117 Å². The molecule has 0 bridgehead atoms. The Hall–Kier alpha value is -4.52. The molecule has 0 aromatic carbocycles. The van der Waals surface area contributed by atoms with E-state index >= 15 is 0 Å². The quantitative estimate of drug-likeness (QED) is 0.119. The molecule has 2 aliphatic heterocycles. The van der Waals surface area contributed by atoms with Crippen LogP contribution in [0.25, 0.3) is 44.6 Å². The Morgan fingerprint density at radius 3 is 1.66 bits per heavy atom. The topological polar surface area (TPSA) is 177 Å². The van der Waals surface area contributed by atoms with Crippen molar-refractivity contribution in [2.45, 2.75) is 60.5 Å². The molecule has 0 saturated carbocycles. The number of nitrogens with one attached hydrogen (secondary N) is 2. The van der Waals surface area contributed by atoms with Crippen molar-refractivity contribution in [2.24, 2.45) is 5.92 Å². The van der Waals surface area contributed by atoms with Crippen molar-refractivity contribution in [3.8, 4) is 22.8 Å². The van der Waals surface area contributed by atoms with Crippen molar-refractivity contribution in [1.82, 2.24) is 40.3 Å². The van der Waals surface area contributed by atoms with Gasteiger partial charge in [0.05, 0.1) is 61.8 Å². The minimum atomic E-state index is -3.12. The average Bonchev–Trinajstić information content (AvgIpc) is 3.99. The third-order valence-electron chi connectivity index (χ3n) is 11.0. The highest BCUT2D eigenvalue weighted by Crippen LogP contribution is 2.50. The van der Waals surface area contributed by atoms with Crippen LogP contribution in [0.15, 0.2) is 61.2 Å². The number of fused-ring (bicyclic) bond motifs is 2. The maximum Gasteiger partial charge on any atom is 0.233 e. The van der Waals surface area contributed by atoms with E-state index in [0.29, 0.717) is 68.0 Å². The molecule has 0 spiro atoms. The zero-order valence-electron chi connectivity index (χ0n) is 35.1. The first kappa shape index (κ1) is 42.6. The molecule has 59 heavy (non-hydrogen) atoms. The maximum absolute atomic E-state index is 14.2. The number of hydrogen-bond donors (Lipinski definition) is 2. The highest BCUT2D eigenvalue weighted by Gasteiger charge is 2.33. The number of rotatable bonds is 12. The highest BCUT2D eigenvalue weighted by atomic mass is 31.2. The molecule has 0 radical (unpaired) electrons. The molecule has 2 fully saturated rings. The van der Waals surface area contributed by atoms with Gasteiger partial charge in [-0.2, -0.15) is 10.2 Å². The van der Waals surface area contributed by atoms with E-state index in [2.05, 4.69) is 67.9 Å². The summed E-state index contributed by atoms with van der Waals surface area (Å²) in [4.78, 5) is 23.6. The van der Waals surface area contributed by atoms with Gasteiger partial charge in [-0.05, 0) is 63.1 Å². The SMILES string of the molecule is CCOP(=O)(CC(C)C)c1cc(N2CCOC[C@H]2C)nc2c(-c3ccn[nH]3)nccc12.CCP(=O)(CC)c1cc(N2CCOC[C@H]2C)nc2c(-c3ccn[nH]3)nccc12. The summed E-state index contributed by atoms with van der Waals surface area (Å²) in [5.41, 5.74) is 4.46. The van der Waals surface area contributed by atoms with Crippen LogP contribution in [-0.2, 0) is 23.1 Å². The first-order chi connectivity index (χ1) is 28.5. The number of H-pyrrole nitrogens is 2. The molecule has 6 aromatic heterocycles. The molecule has 17 heteroatoms. The van der Waals surface area contributed by atoms with Crippen LogP contribution in [0.3, 0.4) is 0 Å². The van der Waals surface area contributed by atoms with E-state index in [-0.39, 0.29) is 18.0 Å². The smallest absolute Gasteiger partial charge is 0.233 e. The maximum atomic E-state index is 14.2. The van der Waals surface area contributed by atoms with Crippen LogP contribution in [0.1, 0.15) is 48.5 Å². The Morgan fingerprint density at radius 1 is 0.746 bits per heavy atom. The predicted octanol–water partition coefficient (Wildman–Crippen LogP) is 7.11. The average molecular weight is 843 g/mol. The van der Waals surface area contributed by atoms with Gasteiger partial charge in [0.25, 0.3) is 0 Å². The van der Waals surface area contributed by atoms with Crippen LogP contribution in [0.5, 0.6) is 0 Å². The number of nitrogens with zero attached hydrogens (tertiary/aromatic N) is 8. The Kier molecular flexibility index (Phi) is 13.3. The molecule has 0 amide bonds. The lowest BCUT2D eigenvalue weighted by atomic mass is 10.1.